The third-order valence-corrected chi connectivity index (χ3v) is 4.28. The van der Waals surface area contributed by atoms with E-state index in [1.165, 1.54) is 19.2 Å². The van der Waals surface area contributed by atoms with Crippen molar-refractivity contribution in [2.24, 2.45) is 0 Å². The van der Waals surface area contributed by atoms with Crippen LogP contribution >= 0.6 is 11.6 Å². The summed E-state index contributed by atoms with van der Waals surface area (Å²) < 4.78 is 15.3. The monoisotopic (exact) mass is 388 g/mol. The molecule has 1 amide bonds. The van der Waals surface area contributed by atoms with Crippen LogP contribution in [0.15, 0.2) is 47.4 Å². The van der Waals surface area contributed by atoms with Gasteiger partial charge in [-0.3, -0.25) is 14.0 Å². The van der Waals surface area contributed by atoms with Crippen molar-refractivity contribution in [3.63, 3.8) is 0 Å². The van der Waals surface area contributed by atoms with Gasteiger partial charge in [0.2, 0.25) is 5.91 Å². The summed E-state index contributed by atoms with van der Waals surface area (Å²) in [5.41, 5.74) is 0.200. The zero-order valence-corrected chi connectivity index (χ0v) is 14.9. The van der Waals surface area contributed by atoms with Crippen LogP contribution in [0.4, 0.5) is 10.1 Å². The van der Waals surface area contributed by atoms with Crippen molar-refractivity contribution in [2.75, 3.05) is 5.32 Å². The summed E-state index contributed by atoms with van der Waals surface area (Å²) in [5, 5.41) is 11.8. The van der Waals surface area contributed by atoms with Gasteiger partial charge in [-0.1, -0.05) is 29.8 Å². The first kappa shape index (κ1) is 18.6. The third kappa shape index (κ3) is 3.68. The summed E-state index contributed by atoms with van der Waals surface area (Å²) in [6.45, 7) is 1.28. The number of benzene rings is 1. The maximum atomic E-state index is 14.1. The molecule has 0 aliphatic heterocycles. The molecule has 2 aromatic heterocycles. The van der Waals surface area contributed by atoms with Crippen molar-refractivity contribution in [3.8, 4) is 0 Å². The van der Waals surface area contributed by atoms with Gasteiger partial charge in [-0.2, -0.15) is 0 Å². The lowest BCUT2D eigenvalue weighted by atomic mass is 10.1. The van der Waals surface area contributed by atoms with Crippen LogP contribution < -0.4 is 10.9 Å². The molecule has 0 unspecified atom stereocenters. The Kier molecular flexibility index (Phi) is 4.96. The largest absolute Gasteiger partial charge is 0.477 e. The zero-order chi connectivity index (χ0) is 19.7. The predicted octanol–water partition coefficient (Wildman–Crippen LogP) is 3.34. The highest BCUT2D eigenvalue weighted by atomic mass is 35.5. The van der Waals surface area contributed by atoms with Crippen molar-refractivity contribution in [1.82, 2.24) is 4.40 Å². The highest BCUT2D eigenvalue weighted by Crippen LogP contribution is 2.22. The fraction of sp³-hybridized carbons (Fsp3) is 0.105. The van der Waals surface area contributed by atoms with Crippen LogP contribution in [-0.2, 0) is 11.2 Å². The minimum Gasteiger partial charge on any atom is -0.477 e. The number of anilines is 1. The number of hydrogen-bond acceptors (Lipinski definition) is 3. The Hall–Kier alpha value is -3.19. The Morgan fingerprint density at radius 3 is 2.67 bits per heavy atom. The second kappa shape index (κ2) is 7.20. The molecule has 6 nitrogen and oxygen atoms in total. The Morgan fingerprint density at radius 2 is 2.00 bits per heavy atom. The average Bonchev–Trinajstić information content (AvgIpc) is 2.61. The van der Waals surface area contributed by atoms with E-state index in [4.69, 9.17) is 11.6 Å². The molecule has 0 atom stereocenters. The molecule has 0 saturated heterocycles. The molecule has 3 aromatic rings. The second-order valence-corrected chi connectivity index (χ2v) is 6.35. The van der Waals surface area contributed by atoms with Crippen molar-refractivity contribution in [1.29, 1.82) is 0 Å². The van der Waals surface area contributed by atoms with Gasteiger partial charge in [-0.15, -0.1) is 0 Å². The van der Waals surface area contributed by atoms with Gasteiger partial charge in [0.05, 0.1) is 16.2 Å². The number of nitrogens with zero attached hydrogens (tertiary/aromatic N) is 1. The van der Waals surface area contributed by atoms with Crippen molar-refractivity contribution < 1.29 is 19.1 Å². The van der Waals surface area contributed by atoms with Gasteiger partial charge in [0.25, 0.3) is 5.56 Å². The molecular weight excluding hydrogens is 375 g/mol. The summed E-state index contributed by atoms with van der Waals surface area (Å²) in [4.78, 5) is 35.3. The third-order valence-electron chi connectivity index (χ3n) is 3.99. The lowest BCUT2D eigenvalue weighted by Crippen LogP contribution is -2.24. The average molecular weight is 389 g/mol. The summed E-state index contributed by atoms with van der Waals surface area (Å²) in [5.74, 6) is -2.37. The maximum Gasteiger partial charge on any atom is 0.341 e. The van der Waals surface area contributed by atoms with Gasteiger partial charge in [0.15, 0.2) is 0 Å². The number of fused-ring (bicyclic) bond motifs is 1. The molecular formula is C19H14ClFN2O4. The van der Waals surface area contributed by atoms with E-state index in [2.05, 4.69) is 5.32 Å². The smallest absolute Gasteiger partial charge is 0.341 e. The Balaban J connectivity index is 2.17. The van der Waals surface area contributed by atoms with Gasteiger partial charge in [0.1, 0.15) is 11.4 Å². The summed E-state index contributed by atoms with van der Waals surface area (Å²) in [6, 6.07) is 8.98. The van der Waals surface area contributed by atoms with Crippen LogP contribution in [0.1, 0.15) is 28.4 Å². The molecule has 27 heavy (non-hydrogen) atoms. The SMILES string of the molecule is CC(=O)Nc1cc(C(=O)O)c(=O)n2cc(Cc3cccc(Cl)c3F)ccc12. The number of rotatable bonds is 4. The van der Waals surface area contributed by atoms with Crippen LogP contribution in [0, 0.1) is 5.82 Å². The van der Waals surface area contributed by atoms with E-state index in [0.717, 1.165) is 10.5 Å². The van der Waals surface area contributed by atoms with E-state index in [-0.39, 0.29) is 17.1 Å². The summed E-state index contributed by atoms with van der Waals surface area (Å²) in [6.07, 6.45) is 1.58. The molecule has 0 radical (unpaired) electrons. The normalized spacial score (nSPS) is 10.8. The number of amides is 1. The molecule has 0 bridgehead atoms. The fourth-order valence-electron chi connectivity index (χ4n) is 2.79. The van der Waals surface area contributed by atoms with Crippen LogP contribution in [0.5, 0.6) is 0 Å². The molecule has 8 heteroatoms. The lowest BCUT2D eigenvalue weighted by molar-refractivity contribution is -0.114. The van der Waals surface area contributed by atoms with E-state index < -0.39 is 28.8 Å². The van der Waals surface area contributed by atoms with Gasteiger partial charge in [-0.05, 0) is 29.3 Å². The maximum absolute atomic E-state index is 14.1. The Labute approximate surface area is 157 Å². The summed E-state index contributed by atoms with van der Waals surface area (Å²) in [7, 11) is 0. The molecule has 0 fully saturated rings. The first-order valence-electron chi connectivity index (χ1n) is 7.90. The minimum atomic E-state index is -1.41. The van der Waals surface area contributed by atoms with E-state index in [0.29, 0.717) is 16.6 Å². The van der Waals surface area contributed by atoms with Crippen molar-refractivity contribution in [3.05, 3.63) is 80.5 Å². The molecule has 0 spiro atoms. The standard InChI is InChI=1S/C19H14ClFN2O4/c1-10(24)22-15-8-13(19(26)27)18(25)23-9-11(5-6-16(15)23)7-12-3-2-4-14(20)17(12)21/h2-6,8-9H,7H2,1H3,(H,22,24)(H,26,27). The number of hydrogen-bond donors (Lipinski definition) is 2. The highest BCUT2D eigenvalue weighted by Gasteiger charge is 2.16. The molecule has 2 N–H and O–H groups in total. The Bertz CT molecular complexity index is 1140. The van der Waals surface area contributed by atoms with Gasteiger partial charge in [0, 0.05) is 19.5 Å². The number of carboxylic acids is 1. The summed E-state index contributed by atoms with van der Waals surface area (Å²) >= 11 is 5.79. The highest BCUT2D eigenvalue weighted by molar-refractivity contribution is 6.30. The van der Waals surface area contributed by atoms with Crippen LogP contribution in [0.25, 0.3) is 5.52 Å². The number of carbonyl (C=O) groups excluding carboxylic acids is 1. The molecule has 0 saturated carbocycles. The first-order chi connectivity index (χ1) is 12.8. The first-order valence-corrected chi connectivity index (χ1v) is 8.28. The number of nitrogens with one attached hydrogen (secondary N) is 1. The van der Waals surface area contributed by atoms with E-state index >= 15 is 0 Å². The van der Waals surface area contributed by atoms with Crippen LogP contribution in [0.3, 0.4) is 0 Å². The predicted molar refractivity (Wildman–Crippen MR) is 99.1 cm³/mol. The van der Waals surface area contributed by atoms with E-state index in [1.807, 2.05) is 0 Å². The topological polar surface area (TPSA) is 87.9 Å². The van der Waals surface area contributed by atoms with E-state index in [1.54, 1.807) is 24.3 Å². The number of carboxylic acid groups (broad SMARTS) is 1. The zero-order valence-electron chi connectivity index (χ0n) is 14.1. The lowest BCUT2D eigenvalue weighted by Gasteiger charge is -2.12. The van der Waals surface area contributed by atoms with E-state index in [9.17, 15) is 23.9 Å². The van der Waals surface area contributed by atoms with Gasteiger partial charge in [-0.25, -0.2) is 9.18 Å². The van der Waals surface area contributed by atoms with Gasteiger partial charge < -0.3 is 10.4 Å². The van der Waals surface area contributed by atoms with Crippen molar-refractivity contribution in [2.45, 2.75) is 13.3 Å². The molecule has 3 rings (SSSR count). The quantitative estimate of drug-likeness (QED) is 0.717. The van der Waals surface area contributed by atoms with Crippen LogP contribution in [0.2, 0.25) is 5.02 Å². The number of aromatic carboxylic acids is 1. The van der Waals surface area contributed by atoms with Gasteiger partial charge >= 0.3 is 5.97 Å². The number of carbonyl (C=O) groups is 2. The molecule has 138 valence electrons. The minimum absolute atomic E-state index is 0.00781. The van der Waals surface area contributed by atoms with Crippen LogP contribution in [-0.4, -0.2) is 21.4 Å². The second-order valence-electron chi connectivity index (χ2n) is 5.95. The molecule has 2 heterocycles. The Morgan fingerprint density at radius 1 is 1.26 bits per heavy atom. The number of halogens is 2. The molecule has 0 aliphatic rings. The molecule has 1 aromatic carbocycles. The van der Waals surface area contributed by atoms with Crippen molar-refractivity contribution >= 4 is 34.7 Å². The number of aromatic nitrogens is 1. The fourth-order valence-corrected chi connectivity index (χ4v) is 2.99. The number of pyridine rings is 2. The molecule has 0 aliphatic carbocycles.